The van der Waals surface area contributed by atoms with Crippen LogP contribution in [0.15, 0.2) is 24.3 Å². The standard InChI is InChI=1S/C12H15FO4/c13-11-4-2-1-3-8(11)5-9(12(16)17)6-10(15)7-14/h1-4,9-10,14-15H,5-7H2,(H,16,17). The van der Waals surface area contributed by atoms with Gasteiger partial charge >= 0.3 is 5.97 Å². The van der Waals surface area contributed by atoms with Gasteiger partial charge in [-0.15, -0.1) is 0 Å². The smallest absolute Gasteiger partial charge is 0.306 e. The summed E-state index contributed by atoms with van der Waals surface area (Å²) in [5.41, 5.74) is 0.296. The third-order valence-electron chi connectivity index (χ3n) is 2.54. The van der Waals surface area contributed by atoms with E-state index in [2.05, 4.69) is 0 Å². The number of halogens is 1. The van der Waals surface area contributed by atoms with Crippen LogP contribution < -0.4 is 0 Å². The molecular weight excluding hydrogens is 227 g/mol. The zero-order valence-electron chi connectivity index (χ0n) is 9.21. The summed E-state index contributed by atoms with van der Waals surface area (Å²) in [5.74, 6) is -2.48. The summed E-state index contributed by atoms with van der Waals surface area (Å²) in [7, 11) is 0. The molecule has 2 atom stereocenters. The summed E-state index contributed by atoms with van der Waals surface area (Å²) in [6, 6.07) is 5.92. The molecule has 1 aromatic rings. The van der Waals surface area contributed by atoms with Gasteiger partial charge in [0.25, 0.3) is 0 Å². The Bertz CT molecular complexity index is 381. The van der Waals surface area contributed by atoms with Crippen LogP contribution >= 0.6 is 0 Å². The van der Waals surface area contributed by atoms with Gasteiger partial charge in [-0.05, 0) is 24.5 Å². The number of aliphatic hydroxyl groups is 2. The van der Waals surface area contributed by atoms with Crippen LogP contribution in [-0.4, -0.2) is 34.0 Å². The predicted octanol–water partition coefficient (Wildman–Crippen LogP) is 0.812. The fourth-order valence-corrected chi connectivity index (χ4v) is 1.60. The molecule has 0 heterocycles. The molecule has 0 saturated heterocycles. The third-order valence-corrected chi connectivity index (χ3v) is 2.54. The van der Waals surface area contributed by atoms with Gasteiger partial charge in [0.05, 0.1) is 18.6 Å². The third kappa shape index (κ3) is 4.13. The second-order valence-corrected chi connectivity index (χ2v) is 3.90. The highest BCUT2D eigenvalue weighted by molar-refractivity contribution is 5.70. The van der Waals surface area contributed by atoms with Crippen molar-refractivity contribution >= 4 is 5.97 Å². The Morgan fingerprint density at radius 1 is 1.35 bits per heavy atom. The number of aliphatic hydroxyl groups excluding tert-OH is 2. The zero-order valence-corrected chi connectivity index (χ0v) is 9.21. The van der Waals surface area contributed by atoms with E-state index in [1.165, 1.54) is 18.2 Å². The quantitative estimate of drug-likeness (QED) is 0.690. The van der Waals surface area contributed by atoms with Crippen molar-refractivity contribution in [1.29, 1.82) is 0 Å². The van der Waals surface area contributed by atoms with Gasteiger partial charge in [0.2, 0.25) is 0 Å². The van der Waals surface area contributed by atoms with E-state index in [-0.39, 0.29) is 12.8 Å². The molecule has 0 aliphatic heterocycles. The molecule has 1 aromatic carbocycles. The molecule has 5 heteroatoms. The van der Waals surface area contributed by atoms with E-state index in [9.17, 15) is 14.3 Å². The van der Waals surface area contributed by atoms with E-state index in [1.54, 1.807) is 6.07 Å². The van der Waals surface area contributed by atoms with Gasteiger partial charge in [-0.25, -0.2) is 4.39 Å². The number of hydrogen-bond acceptors (Lipinski definition) is 3. The first-order valence-electron chi connectivity index (χ1n) is 5.29. The number of hydrogen-bond donors (Lipinski definition) is 3. The van der Waals surface area contributed by atoms with Crippen molar-refractivity contribution < 1.29 is 24.5 Å². The summed E-state index contributed by atoms with van der Waals surface area (Å²) in [5, 5.41) is 26.8. The molecule has 0 fully saturated rings. The first-order valence-corrected chi connectivity index (χ1v) is 5.29. The average molecular weight is 242 g/mol. The van der Waals surface area contributed by atoms with Crippen molar-refractivity contribution in [2.75, 3.05) is 6.61 Å². The molecule has 1 rings (SSSR count). The van der Waals surface area contributed by atoms with Gasteiger partial charge in [0.1, 0.15) is 5.82 Å². The summed E-state index contributed by atoms with van der Waals surface area (Å²) in [6.07, 6.45) is -1.19. The Morgan fingerprint density at radius 3 is 2.53 bits per heavy atom. The van der Waals surface area contributed by atoms with Gasteiger partial charge in [-0.1, -0.05) is 18.2 Å². The molecule has 0 spiro atoms. The van der Waals surface area contributed by atoms with Gasteiger partial charge in [-0.2, -0.15) is 0 Å². The number of benzene rings is 1. The lowest BCUT2D eigenvalue weighted by Gasteiger charge is -2.15. The van der Waals surface area contributed by atoms with Crippen molar-refractivity contribution in [3.8, 4) is 0 Å². The Balaban J connectivity index is 2.74. The van der Waals surface area contributed by atoms with Crippen LogP contribution in [0.4, 0.5) is 4.39 Å². The lowest BCUT2D eigenvalue weighted by Crippen LogP contribution is -2.25. The topological polar surface area (TPSA) is 77.8 Å². The predicted molar refractivity (Wildman–Crippen MR) is 58.9 cm³/mol. The number of carboxylic acids is 1. The number of carboxylic acid groups (broad SMARTS) is 1. The molecular formula is C12H15FO4. The molecule has 3 N–H and O–H groups in total. The van der Waals surface area contributed by atoms with Crippen LogP contribution in [0.3, 0.4) is 0 Å². The molecule has 2 unspecified atom stereocenters. The van der Waals surface area contributed by atoms with Crippen LogP contribution in [0, 0.1) is 11.7 Å². The highest BCUT2D eigenvalue weighted by Gasteiger charge is 2.22. The average Bonchev–Trinajstić information content (AvgIpc) is 2.30. The summed E-state index contributed by atoms with van der Waals surface area (Å²) in [6.45, 7) is -0.499. The van der Waals surface area contributed by atoms with Crippen LogP contribution in [0.25, 0.3) is 0 Å². The lowest BCUT2D eigenvalue weighted by molar-refractivity contribution is -0.143. The second kappa shape index (κ2) is 6.32. The molecule has 94 valence electrons. The van der Waals surface area contributed by atoms with Gasteiger partial charge in [0.15, 0.2) is 0 Å². The van der Waals surface area contributed by atoms with Crippen molar-refractivity contribution in [2.45, 2.75) is 18.9 Å². The fraction of sp³-hybridized carbons (Fsp3) is 0.417. The summed E-state index contributed by atoms with van der Waals surface area (Å²) in [4.78, 5) is 11.0. The van der Waals surface area contributed by atoms with Crippen LogP contribution in [0.2, 0.25) is 0 Å². The maximum absolute atomic E-state index is 13.3. The monoisotopic (exact) mass is 242 g/mol. The van der Waals surface area contributed by atoms with E-state index in [4.69, 9.17) is 10.2 Å². The molecule has 0 aliphatic rings. The second-order valence-electron chi connectivity index (χ2n) is 3.90. The number of carbonyl (C=O) groups is 1. The SMILES string of the molecule is O=C(O)C(Cc1ccccc1F)CC(O)CO. The van der Waals surface area contributed by atoms with Crippen molar-refractivity contribution in [2.24, 2.45) is 5.92 Å². The molecule has 0 radical (unpaired) electrons. The number of rotatable bonds is 6. The van der Waals surface area contributed by atoms with Crippen LogP contribution in [0.5, 0.6) is 0 Å². The Kier molecular flexibility index (Phi) is 5.06. The molecule has 0 aromatic heterocycles. The fourth-order valence-electron chi connectivity index (χ4n) is 1.60. The molecule has 0 bridgehead atoms. The number of aliphatic carboxylic acids is 1. The zero-order chi connectivity index (χ0) is 12.8. The molecule has 0 aliphatic carbocycles. The molecule has 17 heavy (non-hydrogen) atoms. The highest BCUT2D eigenvalue weighted by atomic mass is 19.1. The van der Waals surface area contributed by atoms with Crippen molar-refractivity contribution in [1.82, 2.24) is 0 Å². The largest absolute Gasteiger partial charge is 0.481 e. The first-order chi connectivity index (χ1) is 8.04. The maximum Gasteiger partial charge on any atom is 0.306 e. The van der Waals surface area contributed by atoms with Crippen LogP contribution in [-0.2, 0) is 11.2 Å². The van der Waals surface area contributed by atoms with Gasteiger partial charge in [0, 0.05) is 0 Å². The molecule has 0 amide bonds. The minimum Gasteiger partial charge on any atom is -0.481 e. The van der Waals surface area contributed by atoms with E-state index in [1.807, 2.05) is 0 Å². The Morgan fingerprint density at radius 2 is 2.00 bits per heavy atom. The van der Waals surface area contributed by atoms with Crippen LogP contribution in [0.1, 0.15) is 12.0 Å². The normalized spacial score (nSPS) is 14.3. The lowest BCUT2D eigenvalue weighted by atomic mass is 9.93. The van der Waals surface area contributed by atoms with Crippen molar-refractivity contribution in [3.63, 3.8) is 0 Å². The van der Waals surface area contributed by atoms with E-state index < -0.39 is 30.4 Å². The Labute approximate surface area is 98.3 Å². The minimum absolute atomic E-state index is 0.000926. The summed E-state index contributed by atoms with van der Waals surface area (Å²) < 4.78 is 13.3. The minimum atomic E-state index is -1.11. The molecule has 4 nitrogen and oxygen atoms in total. The first kappa shape index (κ1) is 13.6. The van der Waals surface area contributed by atoms with Gasteiger partial charge < -0.3 is 15.3 Å². The maximum atomic E-state index is 13.3. The molecule has 0 saturated carbocycles. The van der Waals surface area contributed by atoms with E-state index in [0.717, 1.165) is 0 Å². The van der Waals surface area contributed by atoms with E-state index >= 15 is 0 Å². The van der Waals surface area contributed by atoms with Crippen molar-refractivity contribution in [3.05, 3.63) is 35.6 Å². The highest BCUT2D eigenvalue weighted by Crippen LogP contribution is 2.17. The summed E-state index contributed by atoms with van der Waals surface area (Å²) >= 11 is 0. The van der Waals surface area contributed by atoms with Gasteiger partial charge in [-0.3, -0.25) is 4.79 Å². The van der Waals surface area contributed by atoms with E-state index in [0.29, 0.717) is 5.56 Å². The Hall–Kier alpha value is -1.46.